The molecule has 0 aliphatic heterocycles. The molecule has 4 nitrogen and oxygen atoms in total. The van der Waals surface area contributed by atoms with E-state index in [0.717, 1.165) is 28.1 Å². The summed E-state index contributed by atoms with van der Waals surface area (Å²) in [7, 11) is 1.63. The molecule has 2 rings (SSSR count). The van der Waals surface area contributed by atoms with E-state index in [0.29, 0.717) is 0 Å². The molecule has 0 aliphatic rings. The quantitative estimate of drug-likeness (QED) is 0.809. The molecule has 1 aromatic heterocycles. The molecule has 0 saturated heterocycles. The number of H-pyrrole nitrogens is 2. The van der Waals surface area contributed by atoms with E-state index in [1.165, 1.54) is 0 Å². The Morgan fingerprint density at radius 3 is 2.56 bits per heavy atom. The predicted molar refractivity (Wildman–Crippen MR) is 62.9 cm³/mol. The molecule has 0 radical (unpaired) electrons. The van der Waals surface area contributed by atoms with Gasteiger partial charge in [-0.25, -0.2) is 4.79 Å². The molecule has 0 spiro atoms. The number of ether oxygens (including phenoxy) is 1. The Kier molecular flexibility index (Phi) is 2.56. The van der Waals surface area contributed by atoms with Gasteiger partial charge in [0.25, 0.3) is 0 Å². The standard InChI is InChI=1S/C12H14N2O2/c1-7-4-8(2)11(16-3)9(5-7)10-6-13-12(15)14-10/h4-6H,1-3H3,(H2,13,14,15). The van der Waals surface area contributed by atoms with Crippen molar-refractivity contribution in [3.8, 4) is 17.0 Å². The Morgan fingerprint density at radius 2 is 2.00 bits per heavy atom. The molecule has 16 heavy (non-hydrogen) atoms. The highest BCUT2D eigenvalue weighted by Crippen LogP contribution is 2.32. The van der Waals surface area contributed by atoms with Crippen molar-refractivity contribution >= 4 is 0 Å². The van der Waals surface area contributed by atoms with Gasteiger partial charge >= 0.3 is 5.69 Å². The zero-order valence-electron chi connectivity index (χ0n) is 9.55. The van der Waals surface area contributed by atoms with Gasteiger partial charge in [-0.3, -0.25) is 0 Å². The first-order valence-electron chi connectivity index (χ1n) is 5.05. The third-order valence-corrected chi connectivity index (χ3v) is 2.51. The molecule has 2 N–H and O–H groups in total. The van der Waals surface area contributed by atoms with E-state index in [4.69, 9.17) is 4.74 Å². The van der Waals surface area contributed by atoms with E-state index < -0.39 is 0 Å². The van der Waals surface area contributed by atoms with Gasteiger partial charge < -0.3 is 14.7 Å². The maximum Gasteiger partial charge on any atom is 0.323 e. The van der Waals surface area contributed by atoms with Crippen molar-refractivity contribution in [2.45, 2.75) is 13.8 Å². The Morgan fingerprint density at radius 1 is 1.25 bits per heavy atom. The number of hydrogen-bond acceptors (Lipinski definition) is 2. The second kappa shape index (κ2) is 3.89. The Balaban J connectivity index is 2.67. The summed E-state index contributed by atoms with van der Waals surface area (Å²) in [6, 6.07) is 4.04. The fourth-order valence-corrected chi connectivity index (χ4v) is 1.90. The van der Waals surface area contributed by atoms with E-state index >= 15 is 0 Å². The molecule has 0 atom stereocenters. The molecular formula is C12H14N2O2. The van der Waals surface area contributed by atoms with Crippen molar-refractivity contribution in [1.82, 2.24) is 9.97 Å². The van der Waals surface area contributed by atoms with Crippen molar-refractivity contribution in [2.75, 3.05) is 7.11 Å². The number of aromatic amines is 2. The topological polar surface area (TPSA) is 57.9 Å². The van der Waals surface area contributed by atoms with Crippen LogP contribution in [0.5, 0.6) is 5.75 Å². The molecule has 0 aliphatic carbocycles. The Bertz CT molecular complexity index is 567. The van der Waals surface area contributed by atoms with Crippen LogP contribution in [-0.4, -0.2) is 17.1 Å². The summed E-state index contributed by atoms with van der Waals surface area (Å²) >= 11 is 0. The highest BCUT2D eigenvalue weighted by Gasteiger charge is 2.10. The van der Waals surface area contributed by atoms with E-state index in [1.807, 2.05) is 26.0 Å². The van der Waals surface area contributed by atoms with Gasteiger partial charge in [0.1, 0.15) is 5.75 Å². The molecule has 0 bridgehead atoms. The van der Waals surface area contributed by atoms with Crippen LogP contribution in [0.3, 0.4) is 0 Å². The molecule has 1 heterocycles. The van der Waals surface area contributed by atoms with Gasteiger partial charge in [0.2, 0.25) is 0 Å². The molecule has 1 aromatic carbocycles. The zero-order chi connectivity index (χ0) is 11.7. The minimum atomic E-state index is -0.212. The minimum absolute atomic E-state index is 0.212. The van der Waals surface area contributed by atoms with Gasteiger partial charge in [-0.1, -0.05) is 6.07 Å². The second-order valence-corrected chi connectivity index (χ2v) is 3.82. The maximum absolute atomic E-state index is 11.1. The van der Waals surface area contributed by atoms with E-state index in [9.17, 15) is 4.79 Å². The van der Waals surface area contributed by atoms with Crippen molar-refractivity contribution in [1.29, 1.82) is 0 Å². The van der Waals surface area contributed by atoms with Crippen LogP contribution in [-0.2, 0) is 0 Å². The number of aromatic nitrogens is 2. The van der Waals surface area contributed by atoms with Crippen LogP contribution in [0.25, 0.3) is 11.3 Å². The Hall–Kier alpha value is -1.97. The van der Waals surface area contributed by atoms with Gasteiger partial charge in [-0.2, -0.15) is 0 Å². The fourth-order valence-electron chi connectivity index (χ4n) is 1.90. The Labute approximate surface area is 93.3 Å². The average molecular weight is 218 g/mol. The van der Waals surface area contributed by atoms with Crippen molar-refractivity contribution < 1.29 is 4.74 Å². The molecule has 2 aromatic rings. The lowest BCUT2D eigenvalue weighted by atomic mass is 10.0. The summed E-state index contributed by atoms with van der Waals surface area (Å²) in [6.45, 7) is 4.00. The average Bonchev–Trinajstić information content (AvgIpc) is 2.63. The number of rotatable bonds is 2. The smallest absolute Gasteiger partial charge is 0.323 e. The maximum atomic E-state index is 11.1. The van der Waals surface area contributed by atoms with E-state index in [-0.39, 0.29) is 5.69 Å². The van der Waals surface area contributed by atoms with Crippen LogP contribution in [0.4, 0.5) is 0 Å². The molecule has 0 unspecified atom stereocenters. The summed E-state index contributed by atoms with van der Waals surface area (Å²) in [4.78, 5) is 16.4. The van der Waals surface area contributed by atoms with E-state index in [1.54, 1.807) is 13.3 Å². The first-order valence-corrected chi connectivity index (χ1v) is 5.05. The summed E-state index contributed by atoms with van der Waals surface area (Å²) in [5.74, 6) is 0.792. The summed E-state index contributed by atoms with van der Waals surface area (Å²) in [6.07, 6.45) is 1.65. The number of methoxy groups -OCH3 is 1. The largest absolute Gasteiger partial charge is 0.496 e. The molecule has 0 fully saturated rings. The zero-order valence-corrected chi connectivity index (χ0v) is 9.55. The summed E-state index contributed by atoms with van der Waals surface area (Å²) < 4.78 is 5.36. The normalized spacial score (nSPS) is 10.4. The first-order chi connectivity index (χ1) is 7.61. The summed E-state index contributed by atoms with van der Waals surface area (Å²) in [5, 5.41) is 0. The molecule has 0 amide bonds. The summed E-state index contributed by atoms with van der Waals surface area (Å²) in [5.41, 5.74) is 3.62. The lowest BCUT2D eigenvalue weighted by Crippen LogP contribution is -2.00. The highest BCUT2D eigenvalue weighted by atomic mass is 16.5. The molecule has 0 saturated carbocycles. The third-order valence-electron chi connectivity index (χ3n) is 2.51. The lowest BCUT2D eigenvalue weighted by molar-refractivity contribution is 0.413. The number of benzene rings is 1. The van der Waals surface area contributed by atoms with Crippen molar-refractivity contribution in [3.05, 3.63) is 39.9 Å². The van der Waals surface area contributed by atoms with Gasteiger partial charge in [-0.05, 0) is 31.0 Å². The predicted octanol–water partition coefficient (Wildman–Crippen LogP) is 2.00. The second-order valence-electron chi connectivity index (χ2n) is 3.82. The SMILES string of the molecule is COc1c(C)cc(C)cc1-c1c[nH]c(=O)[nH]1. The number of aryl methyl sites for hydroxylation is 2. The first kappa shape index (κ1) is 10.5. The van der Waals surface area contributed by atoms with Gasteiger partial charge in [-0.15, -0.1) is 0 Å². The van der Waals surface area contributed by atoms with Crippen molar-refractivity contribution in [3.63, 3.8) is 0 Å². The highest BCUT2D eigenvalue weighted by molar-refractivity contribution is 5.69. The van der Waals surface area contributed by atoms with Gasteiger partial charge in [0.05, 0.1) is 12.8 Å². The number of imidazole rings is 1. The van der Waals surface area contributed by atoms with Crippen LogP contribution in [0.2, 0.25) is 0 Å². The molecule has 84 valence electrons. The number of hydrogen-bond donors (Lipinski definition) is 2. The molecule has 4 heteroatoms. The lowest BCUT2D eigenvalue weighted by Gasteiger charge is -2.11. The minimum Gasteiger partial charge on any atom is -0.496 e. The van der Waals surface area contributed by atoms with Gasteiger partial charge in [0, 0.05) is 11.8 Å². The number of nitrogens with one attached hydrogen (secondary N) is 2. The third kappa shape index (κ3) is 1.74. The van der Waals surface area contributed by atoms with Crippen LogP contribution in [0.1, 0.15) is 11.1 Å². The fraction of sp³-hybridized carbons (Fsp3) is 0.250. The van der Waals surface area contributed by atoms with Crippen LogP contribution < -0.4 is 10.4 Å². The van der Waals surface area contributed by atoms with Gasteiger partial charge in [0.15, 0.2) is 0 Å². The van der Waals surface area contributed by atoms with Crippen molar-refractivity contribution in [2.24, 2.45) is 0 Å². The van der Waals surface area contributed by atoms with Crippen LogP contribution in [0, 0.1) is 13.8 Å². The monoisotopic (exact) mass is 218 g/mol. The van der Waals surface area contributed by atoms with Crippen LogP contribution in [0.15, 0.2) is 23.1 Å². The van der Waals surface area contributed by atoms with Crippen LogP contribution >= 0.6 is 0 Å². The van der Waals surface area contributed by atoms with E-state index in [2.05, 4.69) is 9.97 Å². The molecular weight excluding hydrogens is 204 g/mol.